The molecule has 0 radical (unpaired) electrons. The minimum absolute atomic E-state index is 0.0877. The zero-order chi connectivity index (χ0) is 22.5. The number of nitrogens with one attached hydrogen (secondary N) is 1. The highest BCUT2D eigenvalue weighted by Gasteiger charge is 2.21. The molecule has 0 saturated heterocycles. The van der Waals surface area contributed by atoms with Crippen LogP contribution >= 0.6 is 0 Å². The van der Waals surface area contributed by atoms with Gasteiger partial charge in [-0.05, 0) is 43.7 Å². The van der Waals surface area contributed by atoms with Gasteiger partial charge in [-0.2, -0.15) is 5.26 Å². The van der Waals surface area contributed by atoms with Crippen LogP contribution in [0.15, 0.2) is 41.0 Å². The Morgan fingerprint density at radius 3 is 2.58 bits per heavy atom. The van der Waals surface area contributed by atoms with Crippen molar-refractivity contribution in [3.05, 3.63) is 59.2 Å². The number of hydrogen-bond donors (Lipinski definition) is 1. The lowest BCUT2D eigenvalue weighted by Crippen LogP contribution is -2.31. The maximum atomic E-state index is 12.9. The SMILES string of the molecule is COc1ccc(N(C)CC(=O)Nc2c(C#N)c(C)c(C)n2Cc2ccco2)cc1OC. The molecule has 3 aromatic rings. The first-order valence-corrected chi connectivity index (χ1v) is 9.74. The van der Waals surface area contributed by atoms with Crippen molar-refractivity contribution in [2.75, 3.05) is 38.0 Å². The van der Waals surface area contributed by atoms with E-state index in [0.29, 0.717) is 29.4 Å². The molecule has 0 atom stereocenters. The van der Waals surface area contributed by atoms with E-state index >= 15 is 0 Å². The van der Waals surface area contributed by atoms with Crippen molar-refractivity contribution in [3.63, 3.8) is 0 Å². The van der Waals surface area contributed by atoms with Crippen LogP contribution in [0.1, 0.15) is 22.6 Å². The van der Waals surface area contributed by atoms with Gasteiger partial charge in [-0.25, -0.2) is 0 Å². The van der Waals surface area contributed by atoms with Crippen LogP contribution in [-0.4, -0.2) is 38.3 Å². The lowest BCUT2D eigenvalue weighted by atomic mass is 10.2. The Labute approximate surface area is 181 Å². The summed E-state index contributed by atoms with van der Waals surface area (Å²) in [6.07, 6.45) is 1.60. The largest absolute Gasteiger partial charge is 0.493 e. The van der Waals surface area contributed by atoms with Gasteiger partial charge in [0, 0.05) is 24.5 Å². The van der Waals surface area contributed by atoms with Gasteiger partial charge in [-0.3, -0.25) is 4.79 Å². The molecule has 3 rings (SSSR count). The summed E-state index contributed by atoms with van der Waals surface area (Å²) in [5, 5.41) is 12.6. The van der Waals surface area contributed by atoms with E-state index in [0.717, 1.165) is 22.7 Å². The number of benzene rings is 1. The Morgan fingerprint density at radius 2 is 1.97 bits per heavy atom. The molecule has 31 heavy (non-hydrogen) atoms. The molecule has 0 unspecified atom stereocenters. The number of likely N-dealkylation sites (N-methyl/N-ethyl adjacent to an activating group) is 1. The first-order chi connectivity index (χ1) is 14.9. The molecule has 0 aliphatic carbocycles. The van der Waals surface area contributed by atoms with E-state index in [1.165, 1.54) is 0 Å². The van der Waals surface area contributed by atoms with E-state index in [1.807, 2.05) is 43.7 Å². The number of ether oxygens (including phenoxy) is 2. The van der Waals surface area contributed by atoms with Gasteiger partial charge >= 0.3 is 0 Å². The normalized spacial score (nSPS) is 10.5. The smallest absolute Gasteiger partial charge is 0.245 e. The second kappa shape index (κ2) is 9.30. The predicted molar refractivity (Wildman–Crippen MR) is 118 cm³/mol. The van der Waals surface area contributed by atoms with Gasteiger partial charge < -0.3 is 28.7 Å². The lowest BCUT2D eigenvalue weighted by Gasteiger charge is -2.21. The summed E-state index contributed by atoms with van der Waals surface area (Å²) in [5.41, 5.74) is 2.98. The van der Waals surface area contributed by atoms with Gasteiger partial charge in [0.1, 0.15) is 17.6 Å². The summed E-state index contributed by atoms with van der Waals surface area (Å²) >= 11 is 0. The van der Waals surface area contributed by atoms with Crippen molar-refractivity contribution in [1.29, 1.82) is 5.26 Å². The van der Waals surface area contributed by atoms with E-state index in [-0.39, 0.29) is 12.5 Å². The Hall–Kier alpha value is -3.86. The number of amides is 1. The molecule has 1 aromatic carbocycles. The van der Waals surface area contributed by atoms with Gasteiger partial charge in [-0.1, -0.05) is 0 Å². The number of methoxy groups -OCH3 is 2. The summed E-state index contributed by atoms with van der Waals surface area (Å²) < 4.78 is 17.9. The number of aromatic nitrogens is 1. The molecular formula is C23H26N4O4. The molecule has 0 aliphatic rings. The van der Waals surface area contributed by atoms with Crippen LogP contribution in [0.25, 0.3) is 0 Å². The van der Waals surface area contributed by atoms with Crippen molar-refractivity contribution in [3.8, 4) is 17.6 Å². The molecule has 0 bridgehead atoms. The van der Waals surface area contributed by atoms with E-state index in [2.05, 4.69) is 11.4 Å². The summed E-state index contributed by atoms with van der Waals surface area (Å²) in [4.78, 5) is 14.7. The summed E-state index contributed by atoms with van der Waals surface area (Å²) in [7, 11) is 4.95. The molecule has 0 saturated carbocycles. The highest BCUT2D eigenvalue weighted by atomic mass is 16.5. The fraction of sp³-hybridized carbons (Fsp3) is 0.304. The molecule has 0 fully saturated rings. The van der Waals surface area contributed by atoms with Gasteiger partial charge in [0.25, 0.3) is 0 Å². The van der Waals surface area contributed by atoms with Crippen molar-refractivity contribution in [2.24, 2.45) is 0 Å². The second-order valence-corrected chi connectivity index (χ2v) is 7.15. The number of furan rings is 1. The summed E-state index contributed by atoms with van der Waals surface area (Å²) in [5.74, 6) is 2.16. The van der Waals surface area contributed by atoms with E-state index in [4.69, 9.17) is 13.9 Å². The fourth-order valence-corrected chi connectivity index (χ4v) is 3.43. The number of carbonyl (C=O) groups is 1. The Bertz CT molecular complexity index is 1110. The van der Waals surface area contributed by atoms with Crippen LogP contribution in [0.3, 0.4) is 0 Å². The van der Waals surface area contributed by atoms with Crippen molar-refractivity contribution >= 4 is 17.4 Å². The van der Waals surface area contributed by atoms with Crippen LogP contribution in [0.4, 0.5) is 11.5 Å². The third-order valence-electron chi connectivity index (χ3n) is 5.28. The summed E-state index contributed by atoms with van der Waals surface area (Å²) in [6, 6.07) is 11.3. The molecule has 0 spiro atoms. The first kappa shape index (κ1) is 21.8. The predicted octanol–water partition coefficient (Wildman–Crippen LogP) is 3.71. The quantitative estimate of drug-likeness (QED) is 0.595. The minimum atomic E-state index is -0.244. The zero-order valence-electron chi connectivity index (χ0n) is 18.4. The highest BCUT2D eigenvalue weighted by molar-refractivity contribution is 5.95. The van der Waals surface area contributed by atoms with E-state index in [1.54, 1.807) is 37.5 Å². The number of nitriles is 1. The van der Waals surface area contributed by atoms with Gasteiger partial charge in [0.15, 0.2) is 11.5 Å². The average molecular weight is 422 g/mol. The molecule has 0 aliphatic heterocycles. The standard InChI is InChI=1S/C23H26N4O4/c1-15-16(2)27(13-18-7-6-10-31-18)23(19(15)12-24)25-22(28)14-26(3)17-8-9-20(29-4)21(11-17)30-5/h6-11H,13-14H2,1-5H3,(H,25,28). The number of carbonyl (C=O) groups excluding carboxylic acids is 1. The molecule has 1 N–H and O–H groups in total. The summed E-state index contributed by atoms with van der Waals surface area (Å²) in [6.45, 7) is 4.30. The van der Waals surface area contributed by atoms with Crippen LogP contribution < -0.4 is 19.7 Å². The topological polar surface area (TPSA) is 92.7 Å². The van der Waals surface area contributed by atoms with Crippen molar-refractivity contribution in [1.82, 2.24) is 4.57 Å². The van der Waals surface area contributed by atoms with Crippen LogP contribution in [0.2, 0.25) is 0 Å². The Balaban J connectivity index is 1.81. The van der Waals surface area contributed by atoms with Crippen LogP contribution in [0, 0.1) is 25.2 Å². The molecule has 8 nitrogen and oxygen atoms in total. The van der Waals surface area contributed by atoms with Gasteiger partial charge in [-0.15, -0.1) is 0 Å². The number of nitrogens with zero attached hydrogens (tertiary/aromatic N) is 3. The van der Waals surface area contributed by atoms with Gasteiger partial charge in [0.2, 0.25) is 5.91 Å². The van der Waals surface area contributed by atoms with Gasteiger partial charge in [0.05, 0.1) is 39.1 Å². The fourth-order valence-electron chi connectivity index (χ4n) is 3.43. The van der Waals surface area contributed by atoms with Crippen LogP contribution in [-0.2, 0) is 11.3 Å². The Kier molecular flexibility index (Phi) is 6.55. The lowest BCUT2D eigenvalue weighted by molar-refractivity contribution is -0.115. The number of rotatable bonds is 8. The molecule has 162 valence electrons. The molecule has 8 heteroatoms. The third kappa shape index (κ3) is 4.51. The van der Waals surface area contributed by atoms with Crippen LogP contribution in [0.5, 0.6) is 11.5 Å². The Morgan fingerprint density at radius 1 is 1.23 bits per heavy atom. The molecule has 2 heterocycles. The van der Waals surface area contributed by atoms with E-state index < -0.39 is 0 Å². The molecule has 2 aromatic heterocycles. The number of hydrogen-bond acceptors (Lipinski definition) is 6. The maximum Gasteiger partial charge on any atom is 0.245 e. The highest BCUT2D eigenvalue weighted by Crippen LogP contribution is 2.31. The van der Waals surface area contributed by atoms with Crippen molar-refractivity contribution in [2.45, 2.75) is 20.4 Å². The van der Waals surface area contributed by atoms with Crippen molar-refractivity contribution < 1.29 is 18.7 Å². The molecule has 1 amide bonds. The average Bonchev–Trinajstić information content (AvgIpc) is 3.36. The third-order valence-corrected chi connectivity index (χ3v) is 5.28. The molecular weight excluding hydrogens is 396 g/mol. The second-order valence-electron chi connectivity index (χ2n) is 7.15. The first-order valence-electron chi connectivity index (χ1n) is 9.74. The minimum Gasteiger partial charge on any atom is -0.493 e. The maximum absolute atomic E-state index is 12.9. The monoisotopic (exact) mass is 422 g/mol. The van der Waals surface area contributed by atoms with E-state index in [9.17, 15) is 10.1 Å². The number of anilines is 2. The zero-order valence-corrected chi connectivity index (χ0v) is 18.4.